The molecule has 1 heterocycles. The van der Waals surface area contributed by atoms with Crippen LogP contribution in [-0.2, 0) is 11.3 Å². The Labute approximate surface area is 101 Å². The van der Waals surface area contributed by atoms with Crippen LogP contribution in [0.2, 0.25) is 0 Å². The fourth-order valence-electron chi connectivity index (χ4n) is 1.37. The van der Waals surface area contributed by atoms with E-state index < -0.39 is 0 Å². The predicted molar refractivity (Wildman–Crippen MR) is 63.1 cm³/mol. The van der Waals surface area contributed by atoms with Crippen molar-refractivity contribution in [2.24, 2.45) is 4.99 Å². The molecule has 16 heavy (non-hydrogen) atoms. The zero-order valence-corrected chi connectivity index (χ0v) is 9.89. The van der Waals surface area contributed by atoms with Crippen LogP contribution in [0.25, 0.3) is 5.69 Å². The first-order chi connectivity index (χ1) is 7.81. The summed E-state index contributed by atoms with van der Waals surface area (Å²) in [5.41, 5.74) is 1.90. The van der Waals surface area contributed by atoms with Crippen LogP contribution in [0, 0.1) is 0 Å². The third kappa shape index (κ3) is 2.27. The lowest BCUT2D eigenvalue weighted by Gasteiger charge is -2.05. The summed E-state index contributed by atoms with van der Waals surface area (Å²) in [7, 11) is 0. The molecular formula is C11H8BrN3O. The monoisotopic (exact) mass is 277 g/mol. The van der Waals surface area contributed by atoms with Gasteiger partial charge in [-0.2, -0.15) is 5.10 Å². The number of nitrogens with zero attached hydrogens (tertiary/aromatic N) is 3. The van der Waals surface area contributed by atoms with E-state index in [2.05, 4.69) is 26.0 Å². The normalized spacial score (nSPS) is 9.81. The van der Waals surface area contributed by atoms with Gasteiger partial charge in [0.05, 0.1) is 12.2 Å². The molecule has 1 aromatic carbocycles. The molecule has 0 saturated heterocycles. The highest BCUT2D eigenvalue weighted by Crippen LogP contribution is 2.22. The second-order valence-corrected chi connectivity index (χ2v) is 4.00. The Hall–Kier alpha value is -1.71. The molecule has 2 rings (SSSR count). The molecule has 0 unspecified atom stereocenters. The van der Waals surface area contributed by atoms with Crippen molar-refractivity contribution in [1.29, 1.82) is 0 Å². The summed E-state index contributed by atoms with van der Waals surface area (Å²) in [5.74, 6) is 0. The second-order valence-electron chi connectivity index (χ2n) is 3.14. The largest absolute Gasteiger partial charge is 0.240 e. The molecule has 0 aliphatic rings. The number of carbonyl (C=O) groups excluding carboxylic acids is 1. The van der Waals surface area contributed by atoms with E-state index in [-0.39, 0.29) is 0 Å². The van der Waals surface area contributed by atoms with Gasteiger partial charge < -0.3 is 0 Å². The van der Waals surface area contributed by atoms with Gasteiger partial charge in [-0.1, -0.05) is 6.07 Å². The Morgan fingerprint density at radius 3 is 3.00 bits per heavy atom. The van der Waals surface area contributed by atoms with Gasteiger partial charge in [0, 0.05) is 16.9 Å². The van der Waals surface area contributed by atoms with Crippen molar-refractivity contribution in [2.45, 2.75) is 6.54 Å². The molecule has 0 atom stereocenters. The van der Waals surface area contributed by atoms with Crippen LogP contribution < -0.4 is 0 Å². The number of hydrogen-bond acceptors (Lipinski definition) is 3. The molecule has 0 fully saturated rings. The molecule has 4 nitrogen and oxygen atoms in total. The summed E-state index contributed by atoms with van der Waals surface area (Å²) in [6.45, 7) is 0.349. The molecule has 5 heteroatoms. The molecule has 0 saturated carbocycles. The van der Waals surface area contributed by atoms with Gasteiger partial charge in [0.2, 0.25) is 6.08 Å². The van der Waals surface area contributed by atoms with Crippen LogP contribution in [-0.4, -0.2) is 15.9 Å². The summed E-state index contributed by atoms with van der Waals surface area (Å²) >= 11 is 3.46. The summed E-state index contributed by atoms with van der Waals surface area (Å²) in [4.78, 5) is 13.5. The SMILES string of the molecule is O=C=NCc1ccc(-n2cccn2)c(Br)c1. The Balaban J connectivity index is 2.33. The average molecular weight is 278 g/mol. The summed E-state index contributed by atoms with van der Waals surface area (Å²) in [6, 6.07) is 7.60. The fourth-order valence-corrected chi connectivity index (χ4v) is 1.98. The maximum atomic E-state index is 10.00. The molecule has 0 bridgehead atoms. The van der Waals surface area contributed by atoms with E-state index in [9.17, 15) is 4.79 Å². The van der Waals surface area contributed by atoms with Crippen LogP contribution in [0.15, 0.2) is 46.1 Å². The quantitative estimate of drug-likeness (QED) is 0.639. The van der Waals surface area contributed by atoms with E-state index in [1.165, 1.54) is 6.08 Å². The van der Waals surface area contributed by atoms with Crippen LogP contribution in [0.1, 0.15) is 5.56 Å². The molecule has 0 N–H and O–H groups in total. The maximum absolute atomic E-state index is 10.00. The Morgan fingerprint density at radius 2 is 2.38 bits per heavy atom. The molecule has 1 aromatic heterocycles. The summed E-state index contributed by atoms with van der Waals surface area (Å²) < 4.78 is 2.67. The first kappa shape index (κ1) is 10.8. The van der Waals surface area contributed by atoms with Crippen molar-refractivity contribution < 1.29 is 4.79 Å². The highest BCUT2D eigenvalue weighted by molar-refractivity contribution is 9.10. The number of hydrogen-bond donors (Lipinski definition) is 0. The highest BCUT2D eigenvalue weighted by Gasteiger charge is 2.03. The van der Waals surface area contributed by atoms with Gasteiger partial charge in [-0.05, 0) is 39.7 Å². The van der Waals surface area contributed by atoms with E-state index >= 15 is 0 Å². The first-order valence-electron chi connectivity index (χ1n) is 4.63. The van der Waals surface area contributed by atoms with Crippen molar-refractivity contribution in [3.63, 3.8) is 0 Å². The minimum Gasteiger partial charge on any atom is -0.240 e. The average Bonchev–Trinajstić information content (AvgIpc) is 2.80. The number of rotatable bonds is 3. The number of benzene rings is 1. The van der Waals surface area contributed by atoms with E-state index in [4.69, 9.17) is 0 Å². The van der Waals surface area contributed by atoms with Gasteiger partial charge in [-0.25, -0.2) is 14.5 Å². The standard InChI is InChI=1S/C11H8BrN3O/c12-10-6-9(7-13-8-16)2-3-11(10)15-5-1-4-14-15/h1-6H,7H2. The molecule has 80 valence electrons. The van der Waals surface area contributed by atoms with Gasteiger partial charge in [0.1, 0.15) is 0 Å². The first-order valence-corrected chi connectivity index (χ1v) is 5.42. The molecule has 2 aromatic rings. The van der Waals surface area contributed by atoms with Crippen molar-refractivity contribution in [3.8, 4) is 5.69 Å². The molecule has 0 spiro atoms. The molecule has 0 aliphatic heterocycles. The van der Waals surface area contributed by atoms with Crippen LogP contribution in [0.3, 0.4) is 0 Å². The lowest BCUT2D eigenvalue weighted by Crippen LogP contribution is -1.96. The molecule has 0 radical (unpaired) electrons. The lowest BCUT2D eigenvalue weighted by atomic mass is 10.2. The van der Waals surface area contributed by atoms with Crippen molar-refractivity contribution in [3.05, 3.63) is 46.7 Å². The smallest absolute Gasteiger partial charge is 0.235 e. The maximum Gasteiger partial charge on any atom is 0.235 e. The van der Waals surface area contributed by atoms with E-state index in [0.29, 0.717) is 6.54 Å². The highest BCUT2D eigenvalue weighted by atomic mass is 79.9. The number of isocyanates is 1. The number of aromatic nitrogens is 2. The third-order valence-corrected chi connectivity index (χ3v) is 2.72. The number of aliphatic imine (C=N–C) groups is 1. The zero-order chi connectivity index (χ0) is 11.4. The topological polar surface area (TPSA) is 47.2 Å². The van der Waals surface area contributed by atoms with Crippen molar-refractivity contribution >= 4 is 22.0 Å². The van der Waals surface area contributed by atoms with E-state index in [1.807, 2.05) is 30.5 Å². The zero-order valence-electron chi connectivity index (χ0n) is 8.30. The van der Waals surface area contributed by atoms with E-state index in [0.717, 1.165) is 15.7 Å². The predicted octanol–water partition coefficient (Wildman–Crippen LogP) is 2.47. The molecular weight excluding hydrogens is 270 g/mol. The summed E-state index contributed by atoms with van der Waals surface area (Å²) in [5, 5.41) is 4.14. The third-order valence-electron chi connectivity index (χ3n) is 2.09. The van der Waals surface area contributed by atoms with Gasteiger partial charge >= 0.3 is 0 Å². The number of halogens is 1. The van der Waals surface area contributed by atoms with Gasteiger partial charge in [0.25, 0.3) is 0 Å². The lowest BCUT2D eigenvalue weighted by molar-refractivity contribution is 0.563. The minimum absolute atomic E-state index is 0.349. The molecule has 0 aliphatic carbocycles. The minimum atomic E-state index is 0.349. The van der Waals surface area contributed by atoms with Gasteiger partial charge in [0.15, 0.2) is 0 Å². The van der Waals surface area contributed by atoms with Crippen LogP contribution in [0.4, 0.5) is 0 Å². The fraction of sp³-hybridized carbons (Fsp3) is 0.0909. The van der Waals surface area contributed by atoms with Crippen LogP contribution >= 0.6 is 15.9 Å². The van der Waals surface area contributed by atoms with Gasteiger partial charge in [-0.15, -0.1) is 0 Å². The Kier molecular flexibility index (Phi) is 3.29. The Bertz CT molecular complexity index is 530. The Morgan fingerprint density at radius 1 is 1.50 bits per heavy atom. The van der Waals surface area contributed by atoms with Crippen LogP contribution in [0.5, 0.6) is 0 Å². The van der Waals surface area contributed by atoms with Crippen molar-refractivity contribution in [2.75, 3.05) is 0 Å². The molecule has 0 amide bonds. The summed E-state index contributed by atoms with van der Waals surface area (Å²) in [6.07, 6.45) is 5.10. The second kappa shape index (κ2) is 4.88. The van der Waals surface area contributed by atoms with E-state index in [1.54, 1.807) is 10.9 Å². The van der Waals surface area contributed by atoms with Gasteiger partial charge in [-0.3, -0.25) is 0 Å². The van der Waals surface area contributed by atoms with Crippen molar-refractivity contribution in [1.82, 2.24) is 9.78 Å².